The summed E-state index contributed by atoms with van der Waals surface area (Å²) in [6.07, 6.45) is 0. The largest absolute Gasteiger partial charge is 0.311 e. The van der Waals surface area contributed by atoms with Gasteiger partial charge in [-0.1, -0.05) is 138 Å². The summed E-state index contributed by atoms with van der Waals surface area (Å²) in [5.41, 5.74) is 13.4. The van der Waals surface area contributed by atoms with Crippen molar-refractivity contribution in [2.45, 2.75) is 66.2 Å². The zero-order chi connectivity index (χ0) is 44.8. The highest BCUT2D eigenvalue weighted by Gasteiger charge is 2.43. The zero-order valence-electron chi connectivity index (χ0n) is 40.2. The summed E-state index contributed by atoms with van der Waals surface area (Å²) in [7, 11) is 0. The molecule has 3 nitrogen and oxygen atoms in total. The SMILES string of the molecule is [2H]c1c([2H])c([2H])c2c(c1[2H])c1c([2H])c([2H])c([2H])c3c1n2-c1cc(N(c2ccccc2)c2ccccc2)cc2c1B3c1cc(C(C)(C)C)ccc1N2c1c(C)cc(C(C)(C)C)cc1C. The monoisotopic (exact) mass is 732 g/mol. The summed E-state index contributed by atoms with van der Waals surface area (Å²) in [6, 6.07) is 34.0. The molecule has 56 heavy (non-hydrogen) atoms. The van der Waals surface area contributed by atoms with Crippen LogP contribution >= 0.6 is 0 Å². The van der Waals surface area contributed by atoms with Crippen molar-refractivity contribution >= 4 is 79.0 Å². The number of aryl methyl sites for hydroxylation is 2. The number of hydrogen-bond acceptors (Lipinski definition) is 2. The Morgan fingerprint density at radius 1 is 0.554 bits per heavy atom. The predicted octanol–water partition coefficient (Wildman–Crippen LogP) is 12.1. The number of benzene rings is 7. The minimum absolute atomic E-state index is 0.0878. The van der Waals surface area contributed by atoms with Crippen LogP contribution < -0.4 is 26.2 Å². The molecule has 8 aromatic rings. The third-order valence-electron chi connectivity index (χ3n) is 11.7. The van der Waals surface area contributed by atoms with Gasteiger partial charge in [0.1, 0.15) is 0 Å². The molecule has 1 aromatic heterocycles. The van der Waals surface area contributed by atoms with Crippen molar-refractivity contribution in [3.63, 3.8) is 0 Å². The molecule has 0 saturated carbocycles. The average molecular weight is 733 g/mol. The van der Waals surface area contributed by atoms with Crippen molar-refractivity contribution in [3.05, 3.63) is 168 Å². The van der Waals surface area contributed by atoms with Crippen LogP contribution in [0.2, 0.25) is 0 Å². The highest BCUT2D eigenvalue weighted by Crippen LogP contribution is 2.48. The van der Waals surface area contributed by atoms with Gasteiger partial charge in [-0.3, -0.25) is 0 Å². The van der Waals surface area contributed by atoms with Crippen LogP contribution in [-0.4, -0.2) is 11.3 Å². The Morgan fingerprint density at radius 3 is 1.80 bits per heavy atom. The molecule has 0 spiro atoms. The quantitative estimate of drug-likeness (QED) is 0.167. The minimum Gasteiger partial charge on any atom is -0.311 e. The molecular formula is C52H48BN3. The van der Waals surface area contributed by atoms with Crippen LogP contribution in [0.1, 0.15) is 73.4 Å². The van der Waals surface area contributed by atoms with Crippen LogP contribution in [0.5, 0.6) is 0 Å². The van der Waals surface area contributed by atoms with E-state index in [0.717, 1.165) is 61.7 Å². The summed E-state index contributed by atoms with van der Waals surface area (Å²) in [4.78, 5) is 4.57. The Hall–Kier alpha value is -6.00. The molecule has 274 valence electrons. The Kier molecular flexibility index (Phi) is 6.03. The summed E-state index contributed by atoms with van der Waals surface area (Å²) in [5, 5.41) is 0.440. The molecule has 4 heteroatoms. The summed E-state index contributed by atoms with van der Waals surface area (Å²) >= 11 is 0. The number of para-hydroxylation sites is 4. The Balaban J connectivity index is 1.46. The van der Waals surface area contributed by atoms with E-state index in [4.69, 9.17) is 2.74 Å². The zero-order valence-corrected chi connectivity index (χ0v) is 33.2. The molecule has 0 atom stereocenters. The Morgan fingerprint density at radius 2 is 1.16 bits per heavy atom. The second-order valence-corrected chi connectivity index (χ2v) is 17.5. The summed E-state index contributed by atoms with van der Waals surface area (Å²) < 4.78 is 67.1. The maximum absolute atomic E-state index is 9.79. The van der Waals surface area contributed by atoms with E-state index in [-0.39, 0.29) is 63.4 Å². The molecule has 0 saturated heterocycles. The van der Waals surface area contributed by atoms with E-state index in [1.807, 2.05) is 41.0 Å². The first-order chi connectivity index (χ1) is 29.8. The standard InChI is InChI=1S/C52H48BN3/c1-33-28-36(52(6,7)8)29-34(2)49(33)56-45-27-26-35(51(3,4)5)30-43(45)53-42-24-17-23-41-40-22-15-16-25-44(40)55(50(41)42)46-31-39(32-47(56)48(46)53)54(37-18-11-9-12-19-37)38-20-13-10-14-21-38/h9-32H,1-8H3/i15D,16D,17D,22D,23D,24D,25D. The first-order valence-electron chi connectivity index (χ1n) is 23.0. The molecule has 3 heterocycles. The van der Waals surface area contributed by atoms with Gasteiger partial charge in [-0.25, -0.2) is 0 Å². The molecule has 10 rings (SSSR count). The number of nitrogens with zero attached hydrogens (tertiary/aromatic N) is 3. The molecular weight excluding hydrogens is 677 g/mol. The minimum atomic E-state index is -0.584. The fourth-order valence-corrected chi connectivity index (χ4v) is 9.07. The molecule has 2 aliphatic heterocycles. The molecule has 2 aliphatic rings. The number of anilines is 6. The van der Waals surface area contributed by atoms with Crippen LogP contribution in [-0.2, 0) is 10.8 Å². The van der Waals surface area contributed by atoms with Gasteiger partial charge in [0.2, 0.25) is 0 Å². The third-order valence-corrected chi connectivity index (χ3v) is 11.7. The molecule has 0 radical (unpaired) electrons. The molecule has 0 fully saturated rings. The van der Waals surface area contributed by atoms with Gasteiger partial charge in [-0.2, -0.15) is 0 Å². The maximum Gasteiger partial charge on any atom is 0.252 e. The first kappa shape index (κ1) is 27.6. The van der Waals surface area contributed by atoms with Crippen molar-refractivity contribution in [2.75, 3.05) is 9.80 Å². The van der Waals surface area contributed by atoms with Crippen LogP contribution in [0.15, 0.2) is 145 Å². The van der Waals surface area contributed by atoms with Crippen molar-refractivity contribution < 1.29 is 9.60 Å². The number of fused-ring (bicyclic) bond motifs is 7. The second-order valence-electron chi connectivity index (χ2n) is 17.5. The number of hydrogen-bond donors (Lipinski definition) is 0. The Labute approximate surface area is 341 Å². The fraction of sp³-hybridized carbons (Fsp3) is 0.192. The van der Waals surface area contributed by atoms with Crippen molar-refractivity contribution in [1.82, 2.24) is 4.57 Å². The van der Waals surface area contributed by atoms with E-state index < -0.39 is 12.8 Å². The van der Waals surface area contributed by atoms with E-state index >= 15 is 0 Å². The number of rotatable bonds is 4. The van der Waals surface area contributed by atoms with Crippen LogP contribution in [0, 0.1) is 13.8 Å². The van der Waals surface area contributed by atoms with Crippen LogP contribution in [0.25, 0.3) is 27.5 Å². The molecule has 7 aromatic carbocycles. The smallest absolute Gasteiger partial charge is 0.252 e. The second kappa shape index (κ2) is 12.3. The van der Waals surface area contributed by atoms with E-state index in [2.05, 4.69) is 132 Å². The van der Waals surface area contributed by atoms with Crippen LogP contribution in [0.3, 0.4) is 0 Å². The van der Waals surface area contributed by atoms with Gasteiger partial charge in [-0.05, 0) is 112 Å². The lowest BCUT2D eigenvalue weighted by atomic mass is 9.33. The lowest BCUT2D eigenvalue weighted by molar-refractivity contribution is 0.589. The average Bonchev–Trinajstić information content (AvgIpc) is 3.61. The van der Waals surface area contributed by atoms with E-state index in [0.29, 0.717) is 16.7 Å². The van der Waals surface area contributed by atoms with Gasteiger partial charge < -0.3 is 14.4 Å². The first-order valence-corrected chi connectivity index (χ1v) is 19.5. The van der Waals surface area contributed by atoms with Gasteiger partial charge in [-0.15, -0.1) is 0 Å². The maximum atomic E-state index is 9.79. The van der Waals surface area contributed by atoms with Crippen molar-refractivity contribution in [2.24, 2.45) is 0 Å². The van der Waals surface area contributed by atoms with Gasteiger partial charge in [0.05, 0.1) is 26.5 Å². The molecule has 0 bridgehead atoms. The van der Waals surface area contributed by atoms with Gasteiger partial charge in [0.15, 0.2) is 0 Å². The molecule has 0 aliphatic carbocycles. The lowest BCUT2D eigenvalue weighted by Crippen LogP contribution is -2.60. The van der Waals surface area contributed by atoms with Crippen molar-refractivity contribution in [3.8, 4) is 5.69 Å². The van der Waals surface area contributed by atoms with E-state index in [1.165, 1.54) is 5.56 Å². The van der Waals surface area contributed by atoms with Gasteiger partial charge in [0, 0.05) is 44.7 Å². The highest BCUT2D eigenvalue weighted by atomic mass is 15.2. The predicted molar refractivity (Wildman–Crippen MR) is 242 cm³/mol. The van der Waals surface area contributed by atoms with Gasteiger partial charge >= 0.3 is 0 Å². The fourth-order valence-electron chi connectivity index (χ4n) is 9.07. The molecule has 0 amide bonds. The molecule has 0 N–H and O–H groups in total. The number of aromatic nitrogens is 1. The summed E-state index contributed by atoms with van der Waals surface area (Å²) in [6.45, 7) is 17.0. The van der Waals surface area contributed by atoms with E-state index in [9.17, 15) is 6.85 Å². The lowest BCUT2D eigenvalue weighted by Gasteiger charge is -2.43. The van der Waals surface area contributed by atoms with Gasteiger partial charge in [0.25, 0.3) is 6.71 Å². The van der Waals surface area contributed by atoms with E-state index in [1.54, 1.807) is 0 Å². The third kappa shape index (κ3) is 5.11. The summed E-state index contributed by atoms with van der Waals surface area (Å²) in [5.74, 6) is 0. The molecule has 0 unspecified atom stereocenters. The van der Waals surface area contributed by atoms with Crippen molar-refractivity contribution in [1.29, 1.82) is 0 Å². The van der Waals surface area contributed by atoms with Crippen LogP contribution in [0.4, 0.5) is 34.1 Å². The highest BCUT2D eigenvalue weighted by molar-refractivity contribution is 7.00. The normalized spacial score (nSPS) is 15.0. The topological polar surface area (TPSA) is 11.4 Å². The Bertz CT molecular complexity index is 3190.